The second kappa shape index (κ2) is 10.5. The summed E-state index contributed by atoms with van der Waals surface area (Å²) in [7, 11) is 0. The van der Waals surface area contributed by atoms with E-state index >= 15 is 0 Å². The fraction of sp³-hybridized carbons (Fsp3) is 0.211. The number of carbonyl (C=O) groups excluding carboxylic acids is 4. The van der Waals surface area contributed by atoms with Gasteiger partial charge >= 0.3 is 12.0 Å². The monoisotopic (exact) mass is 433 g/mol. The van der Waals surface area contributed by atoms with Crippen molar-refractivity contribution in [2.45, 2.75) is 13.5 Å². The van der Waals surface area contributed by atoms with Crippen LogP contribution in [0.1, 0.15) is 44.0 Å². The summed E-state index contributed by atoms with van der Waals surface area (Å²) < 4.78 is 9.83. The summed E-state index contributed by atoms with van der Waals surface area (Å²) in [6.45, 7) is 1.32. The molecular weight excluding hydrogens is 414 g/mol. The topological polar surface area (TPSA) is 184 Å². The van der Waals surface area contributed by atoms with E-state index in [2.05, 4.69) is 10.6 Å². The minimum atomic E-state index is -1.32. The Morgan fingerprint density at radius 3 is 2.29 bits per heavy atom. The lowest BCUT2D eigenvalue weighted by Crippen LogP contribution is -2.35. The third kappa shape index (κ3) is 6.40. The van der Waals surface area contributed by atoms with E-state index in [-0.39, 0.29) is 25.5 Å². The predicted molar refractivity (Wildman–Crippen MR) is 103 cm³/mol. The Morgan fingerprint density at radius 1 is 1.03 bits per heavy atom. The standard InChI is InChI=1S/C19H19N3O9/c1-10(23)12-4-2-11(3-5-12)9-30-19(28)21-7-6-20-17(26)14-8-13(24)15(25)16(31-14)18(27)22-29/h2-5,8,25,29H,6-7,9H2,1H3,(H,20,26)(H,21,28)(H,22,27). The molecule has 0 atom stereocenters. The Hall–Kier alpha value is -4.19. The van der Waals surface area contributed by atoms with Crippen molar-refractivity contribution in [1.82, 2.24) is 16.1 Å². The Bertz CT molecular complexity index is 1040. The molecule has 1 heterocycles. The predicted octanol–water partition coefficient (Wildman–Crippen LogP) is 0.323. The van der Waals surface area contributed by atoms with Crippen molar-refractivity contribution >= 4 is 23.7 Å². The fourth-order valence-electron chi connectivity index (χ4n) is 2.27. The zero-order valence-corrected chi connectivity index (χ0v) is 16.3. The number of carbonyl (C=O) groups is 4. The van der Waals surface area contributed by atoms with E-state index < -0.39 is 40.6 Å². The highest BCUT2D eigenvalue weighted by Gasteiger charge is 2.21. The highest BCUT2D eigenvalue weighted by molar-refractivity contribution is 5.96. The first-order valence-corrected chi connectivity index (χ1v) is 8.83. The number of hydrogen-bond donors (Lipinski definition) is 5. The number of ether oxygens (including phenoxy) is 1. The zero-order chi connectivity index (χ0) is 23.0. The van der Waals surface area contributed by atoms with E-state index in [0.717, 1.165) is 0 Å². The molecule has 164 valence electrons. The number of rotatable bonds is 8. The summed E-state index contributed by atoms with van der Waals surface area (Å²) in [6.07, 6.45) is -0.747. The second-order valence-electron chi connectivity index (χ2n) is 6.11. The highest BCUT2D eigenvalue weighted by atomic mass is 16.5. The smallest absolute Gasteiger partial charge is 0.407 e. The summed E-state index contributed by atoms with van der Waals surface area (Å²) in [6, 6.07) is 7.21. The van der Waals surface area contributed by atoms with E-state index in [1.807, 2.05) is 0 Å². The van der Waals surface area contributed by atoms with Gasteiger partial charge in [-0.25, -0.2) is 10.3 Å². The third-order valence-corrected chi connectivity index (χ3v) is 3.86. The minimum absolute atomic E-state index is 0.0231. The fourth-order valence-corrected chi connectivity index (χ4v) is 2.27. The van der Waals surface area contributed by atoms with Crippen LogP contribution in [-0.4, -0.2) is 47.1 Å². The van der Waals surface area contributed by atoms with E-state index in [1.165, 1.54) is 12.4 Å². The summed E-state index contributed by atoms with van der Waals surface area (Å²) in [5.41, 5.74) is 1.33. The Kier molecular flexibility index (Phi) is 7.86. The molecule has 12 heteroatoms. The molecule has 0 unspecified atom stereocenters. The number of hydrogen-bond acceptors (Lipinski definition) is 9. The van der Waals surface area contributed by atoms with Gasteiger partial charge in [0.05, 0.1) is 0 Å². The lowest BCUT2D eigenvalue weighted by molar-refractivity contribution is 0.0663. The van der Waals surface area contributed by atoms with Crippen LogP contribution in [0.25, 0.3) is 0 Å². The molecule has 0 aliphatic rings. The molecule has 0 saturated carbocycles. The summed E-state index contributed by atoms with van der Waals surface area (Å²) in [5.74, 6) is -4.87. The van der Waals surface area contributed by atoms with Crippen molar-refractivity contribution in [3.05, 3.63) is 63.2 Å². The van der Waals surface area contributed by atoms with Crippen molar-refractivity contribution in [1.29, 1.82) is 0 Å². The molecular formula is C19H19N3O9. The molecule has 0 aliphatic carbocycles. The Morgan fingerprint density at radius 2 is 1.68 bits per heavy atom. The SMILES string of the molecule is CC(=O)c1ccc(COC(=O)NCCNC(=O)c2cc(=O)c(O)c(C(=O)NO)o2)cc1. The average Bonchev–Trinajstić information content (AvgIpc) is 2.76. The number of ketones is 1. The van der Waals surface area contributed by atoms with Gasteiger partial charge in [0.15, 0.2) is 11.5 Å². The van der Waals surface area contributed by atoms with Crippen molar-refractivity contribution in [2.75, 3.05) is 13.1 Å². The van der Waals surface area contributed by atoms with Gasteiger partial charge in [0.2, 0.25) is 16.9 Å². The van der Waals surface area contributed by atoms with Gasteiger partial charge in [-0.15, -0.1) is 0 Å². The zero-order valence-electron chi connectivity index (χ0n) is 16.3. The second-order valence-corrected chi connectivity index (χ2v) is 6.11. The molecule has 3 amide bonds. The van der Waals surface area contributed by atoms with Gasteiger partial charge in [-0.1, -0.05) is 24.3 Å². The van der Waals surface area contributed by atoms with Crippen LogP contribution < -0.4 is 21.5 Å². The van der Waals surface area contributed by atoms with E-state index in [4.69, 9.17) is 14.4 Å². The quantitative estimate of drug-likeness (QED) is 0.169. The molecule has 0 aliphatic heterocycles. The van der Waals surface area contributed by atoms with Gasteiger partial charge in [-0.05, 0) is 12.5 Å². The molecule has 0 fully saturated rings. The molecule has 0 saturated heterocycles. The van der Waals surface area contributed by atoms with Gasteiger partial charge in [-0.2, -0.15) is 0 Å². The van der Waals surface area contributed by atoms with E-state index in [0.29, 0.717) is 17.2 Å². The molecule has 31 heavy (non-hydrogen) atoms. The normalized spacial score (nSPS) is 10.1. The van der Waals surface area contributed by atoms with Gasteiger partial charge in [0.1, 0.15) is 6.61 Å². The van der Waals surface area contributed by atoms with Crippen LogP contribution in [0.15, 0.2) is 39.5 Å². The van der Waals surface area contributed by atoms with Crippen molar-refractivity contribution in [3.63, 3.8) is 0 Å². The number of amides is 3. The van der Waals surface area contributed by atoms with E-state index in [9.17, 15) is 29.1 Å². The van der Waals surface area contributed by atoms with Gasteiger partial charge in [-0.3, -0.25) is 24.4 Å². The first-order chi connectivity index (χ1) is 14.7. The van der Waals surface area contributed by atoms with Gasteiger partial charge in [0, 0.05) is 24.7 Å². The first-order valence-electron chi connectivity index (χ1n) is 8.83. The molecule has 2 rings (SSSR count). The number of benzene rings is 1. The number of Topliss-reactive ketones (excluding diaryl/α,β-unsaturated/α-hetero) is 1. The molecule has 0 bridgehead atoms. The number of alkyl carbamates (subject to hydrolysis) is 1. The molecule has 0 spiro atoms. The van der Waals surface area contributed by atoms with Gasteiger partial charge < -0.3 is 24.9 Å². The van der Waals surface area contributed by atoms with Crippen LogP contribution in [0, 0.1) is 0 Å². The van der Waals surface area contributed by atoms with Crippen LogP contribution in [0.2, 0.25) is 0 Å². The largest absolute Gasteiger partial charge is 0.501 e. The minimum Gasteiger partial charge on any atom is -0.501 e. The average molecular weight is 433 g/mol. The van der Waals surface area contributed by atoms with Gasteiger partial charge in [0.25, 0.3) is 5.91 Å². The van der Waals surface area contributed by atoms with Crippen LogP contribution in [-0.2, 0) is 11.3 Å². The van der Waals surface area contributed by atoms with Crippen LogP contribution in [0.4, 0.5) is 4.79 Å². The molecule has 12 nitrogen and oxygen atoms in total. The summed E-state index contributed by atoms with van der Waals surface area (Å²) >= 11 is 0. The molecule has 1 aromatic carbocycles. The highest BCUT2D eigenvalue weighted by Crippen LogP contribution is 2.13. The van der Waals surface area contributed by atoms with Crippen LogP contribution in [0.3, 0.4) is 0 Å². The number of hydroxylamine groups is 1. The molecule has 2 aromatic rings. The Labute approximate surface area is 174 Å². The maximum Gasteiger partial charge on any atom is 0.407 e. The molecule has 5 N–H and O–H groups in total. The molecule has 1 aromatic heterocycles. The number of aromatic hydroxyl groups is 1. The van der Waals surface area contributed by atoms with Crippen molar-refractivity contribution in [2.24, 2.45) is 0 Å². The van der Waals surface area contributed by atoms with Crippen LogP contribution >= 0.6 is 0 Å². The summed E-state index contributed by atoms with van der Waals surface area (Å²) in [5, 5.41) is 22.8. The van der Waals surface area contributed by atoms with Crippen molar-refractivity contribution < 1.29 is 38.6 Å². The summed E-state index contributed by atoms with van der Waals surface area (Å²) in [4.78, 5) is 57.9. The third-order valence-electron chi connectivity index (χ3n) is 3.86. The Balaban J connectivity index is 1.79. The maximum atomic E-state index is 12.0. The first kappa shape index (κ1) is 23.1. The molecule has 0 radical (unpaired) electrons. The van der Waals surface area contributed by atoms with E-state index in [1.54, 1.807) is 24.3 Å². The van der Waals surface area contributed by atoms with Crippen molar-refractivity contribution in [3.8, 4) is 5.75 Å². The number of nitrogens with one attached hydrogen (secondary N) is 3. The maximum absolute atomic E-state index is 12.0. The lowest BCUT2D eigenvalue weighted by Gasteiger charge is -2.09. The lowest BCUT2D eigenvalue weighted by atomic mass is 10.1. The van der Waals surface area contributed by atoms with Crippen LogP contribution in [0.5, 0.6) is 5.75 Å².